The number of carbonyl (C=O) groups excluding carboxylic acids is 2. The van der Waals surface area contributed by atoms with Gasteiger partial charge in [0.05, 0.1) is 13.1 Å². The van der Waals surface area contributed by atoms with Gasteiger partial charge < -0.3 is 20.8 Å². The molecule has 7 rings (SSSR count). The summed E-state index contributed by atoms with van der Waals surface area (Å²) >= 11 is 0. The van der Waals surface area contributed by atoms with Crippen LogP contribution < -0.4 is 10.6 Å². The summed E-state index contributed by atoms with van der Waals surface area (Å²) in [6.45, 7) is 7.38. The van der Waals surface area contributed by atoms with E-state index in [0.717, 1.165) is 86.8 Å². The normalized spacial score (nSPS) is 22.7. The Hall–Kier alpha value is -4.09. The Morgan fingerprint density at radius 2 is 1.42 bits per heavy atom. The van der Waals surface area contributed by atoms with Gasteiger partial charge in [-0.05, 0) is 73.1 Å². The third-order valence-corrected chi connectivity index (χ3v) is 11.4. The van der Waals surface area contributed by atoms with Crippen molar-refractivity contribution in [3.8, 4) is 0 Å². The van der Waals surface area contributed by atoms with Crippen LogP contribution in [0.2, 0.25) is 0 Å². The van der Waals surface area contributed by atoms with E-state index in [1.807, 2.05) is 48.5 Å². The van der Waals surface area contributed by atoms with Crippen LogP contribution in [0.1, 0.15) is 75.0 Å². The van der Waals surface area contributed by atoms with Crippen molar-refractivity contribution < 1.29 is 24.6 Å². The van der Waals surface area contributed by atoms with Gasteiger partial charge in [-0.3, -0.25) is 19.4 Å². The molecule has 4 aliphatic rings. The number of hydrogen-bond donors (Lipinski definition) is 4. The van der Waals surface area contributed by atoms with Crippen LogP contribution in [0.25, 0.3) is 0 Å². The number of nitrogens with zero attached hydrogens (tertiary/aromatic N) is 3. The summed E-state index contributed by atoms with van der Waals surface area (Å²) in [5.41, 5.74) is 2.32. The highest BCUT2D eigenvalue weighted by Crippen LogP contribution is 2.43. The molecule has 3 aliphatic heterocycles. The molecular weight excluding hydrogens is 667 g/mol. The van der Waals surface area contributed by atoms with Crippen LogP contribution in [0.4, 0.5) is 10.5 Å². The van der Waals surface area contributed by atoms with Gasteiger partial charge >= 0.3 is 6.09 Å². The van der Waals surface area contributed by atoms with Crippen molar-refractivity contribution in [3.63, 3.8) is 0 Å². The van der Waals surface area contributed by atoms with Crippen LogP contribution in [-0.2, 0) is 28.3 Å². The van der Waals surface area contributed by atoms with Crippen LogP contribution >= 0.6 is 0 Å². The van der Waals surface area contributed by atoms with Gasteiger partial charge in [-0.1, -0.05) is 98.6 Å². The molecular formula is C43H59N5O5. The molecule has 3 aromatic rings. The van der Waals surface area contributed by atoms with Gasteiger partial charge in [-0.15, -0.1) is 0 Å². The summed E-state index contributed by atoms with van der Waals surface area (Å²) in [5, 5.41) is 26.7. The fraction of sp³-hybridized carbons (Fsp3) is 0.512. The van der Waals surface area contributed by atoms with Crippen molar-refractivity contribution in [2.24, 2.45) is 11.8 Å². The Labute approximate surface area is 315 Å². The third-order valence-electron chi connectivity index (χ3n) is 11.4. The molecule has 4 N–H and O–H groups in total. The van der Waals surface area contributed by atoms with Gasteiger partial charge in [-0.25, -0.2) is 9.69 Å². The first kappa shape index (κ1) is 40.1. The number of aliphatic hydroxyl groups is 1. The van der Waals surface area contributed by atoms with Crippen LogP contribution in [0, 0.1) is 11.8 Å². The van der Waals surface area contributed by atoms with Crippen LogP contribution in [0.15, 0.2) is 84.9 Å². The third kappa shape index (κ3) is 11.2. The second-order valence-corrected chi connectivity index (χ2v) is 15.2. The molecule has 10 heteroatoms. The predicted molar refractivity (Wildman–Crippen MR) is 209 cm³/mol. The minimum Gasteiger partial charge on any atom is -0.465 e. The molecule has 3 atom stereocenters. The standard InChI is InChI=1S/C24H30N2O2.C10H12N2O3.C9H17N/c27-23(24(28,22-12-7-13-22)21-10-5-2-6-11-21)19-26-16-14-25(15-17-26)18-20-8-3-1-4-9-20;1-11-9-5-3-2-4-8(9)6-12(7-13)10(14)15;1-7-5-8-3-2-4-9(6-7)10-8/h1-6,8-11,22,28H,7,12-19H2;2-5,7,11H,6H2,1H3,(H,14,15);7-10H,2-6H2,1H3. The van der Waals surface area contributed by atoms with E-state index in [1.165, 1.54) is 37.7 Å². The quantitative estimate of drug-likeness (QED) is 0.167. The van der Waals surface area contributed by atoms with Gasteiger partial charge in [0.15, 0.2) is 11.4 Å². The van der Waals surface area contributed by atoms with Crippen molar-refractivity contribution in [3.05, 3.63) is 102 Å². The van der Waals surface area contributed by atoms with Gasteiger partial charge in [0, 0.05) is 57.5 Å². The van der Waals surface area contributed by atoms with Crippen molar-refractivity contribution in [2.75, 3.05) is 45.1 Å². The number of hydrogen-bond acceptors (Lipinski definition) is 8. The number of anilines is 1. The average molecular weight is 726 g/mol. The molecule has 2 bridgehead atoms. The lowest BCUT2D eigenvalue weighted by molar-refractivity contribution is -0.151. The number of rotatable bonds is 11. The minimum absolute atomic E-state index is 0.0418. The maximum absolute atomic E-state index is 13.2. The Balaban J connectivity index is 0.000000180. The Morgan fingerprint density at radius 3 is 1.98 bits per heavy atom. The zero-order valence-corrected chi connectivity index (χ0v) is 31.5. The maximum atomic E-state index is 13.2. The number of piperazine rings is 1. The Morgan fingerprint density at radius 1 is 0.849 bits per heavy atom. The highest BCUT2D eigenvalue weighted by Gasteiger charge is 2.47. The summed E-state index contributed by atoms with van der Waals surface area (Å²) in [6.07, 6.45) is 9.20. The topological polar surface area (TPSA) is 125 Å². The molecule has 1 saturated carbocycles. The van der Waals surface area contributed by atoms with E-state index in [9.17, 15) is 19.5 Å². The van der Waals surface area contributed by atoms with E-state index in [1.54, 1.807) is 19.2 Å². The summed E-state index contributed by atoms with van der Waals surface area (Å²) in [5.74, 6) is 0.998. The first-order valence-electron chi connectivity index (χ1n) is 19.5. The minimum atomic E-state index is -1.33. The number of benzene rings is 3. The zero-order valence-electron chi connectivity index (χ0n) is 31.5. The molecule has 286 valence electrons. The molecule has 3 saturated heterocycles. The van der Waals surface area contributed by atoms with Crippen molar-refractivity contribution in [2.45, 2.75) is 89.1 Å². The van der Waals surface area contributed by atoms with Crippen LogP contribution in [0.3, 0.4) is 0 Å². The van der Waals surface area contributed by atoms with Crippen LogP contribution in [-0.4, -0.2) is 95.1 Å². The summed E-state index contributed by atoms with van der Waals surface area (Å²) in [4.78, 5) is 39.7. The number of para-hydroxylation sites is 1. The van der Waals surface area contributed by atoms with Crippen molar-refractivity contribution in [1.82, 2.24) is 20.0 Å². The number of piperidine rings is 2. The Bertz CT molecular complexity index is 1560. The number of fused-ring (bicyclic) bond motifs is 2. The second-order valence-electron chi connectivity index (χ2n) is 15.2. The second kappa shape index (κ2) is 19.8. The maximum Gasteiger partial charge on any atom is 0.414 e. The Kier molecular flexibility index (Phi) is 15.0. The van der Waals surface area contributed by atoms with Crippen molar-refractivity contribution in [1.29, 1.82) is 0 Å². The van der Waals surface area contributed by atoms with Gasteiger partial charge in [-0.2, -0.15) is 0 Å². The van der Waals surface area contributed by atoms with Crippen LogP contribution in [0.5, 0.6) is 0 Å². The van der Waals surface area contributed by atoms with Crippen molar-refractivity contribution >= 4 is 24.0 Å². The number of Topliss-reactive ketones (excluding diaryl/α,β-unsaturated/α-hetero) is 1. The lowest BCUT2D eigenvalue weighted by Crippen LogP contribution is -2.53. The fourth-order valence-electron chi connectivity index (χ4n) is 8.20. The first-order chi connectivity index (χ1) is 25.7. The molecule has 1 aliphatic carbocycles. The van der Waals surface area contributed by atoms with Gasteiger partial charge in [0.1, 0.15) is 0 Å². The van der Waals surface area contributed by atoms with E-state index < -0.39 is 11.7 Å². The molecule has 0 radical (unpaired) electrons. The molecule has 3 unspecified atom stereocenters. The molecule has 3 aromatic carbocycles. The zero-order chi connectivity index (χ0) is 37.6. The molecule has 2 amide bonds. The fourth-order valence-corrected chi connectivity index (χ4v) is 8.20. The molecule has 53 heavy (non-hydrogen) atoms. The SMILES string of the molecule is CC1CC2CCCC(C1)N2.CNc1ccccc1CN(C=O)C(=O)O.O=C(CN1CCN(Cc2ccccc2)CC1)C(O)(c1ccccc1)C1CCC1. The monoisotopic (exact) mass is 725 g/mol. The lowest BCUT2D eigenvalue weighted by Gasteiger charge is -2.42. The number of ketones is 1. The number of amides is 2. The van der Waals surface area contributed by atoms with E-state index in [0.29, 0.717) is 17.9 Å². The van der Waals surface area contributed by atoms with E-state index in [2.05, 4.69) is 51.6 Å². The first-order valence-corrected chi connectivity index (χ1v) is 19.5. The van der Waals surface area contributed by atoms with E-state index in [-0.39, 0.29) is 18.2 Å². The number of imide groups is 1. The largest absolute Gasteiger partial charge is 0.465 e. The van der Waals surface area contributed by atoms with Gasteiger partial charge in [0.2, 0.25) is 6.41 Å². The molecule has 0 aromatic heterocycles. The molecule has 10 nitrogen and oxygen atoms in total. The van der Waals surface area contributed by atoms with E-state index in [4.69, 9.17) is 5.11 Å². The number of carbonyl (C=O) groups is 3. The predicted octanol–water partition coefficient (Wildman–Crippen LogP) is 6.35. The molecule has 0 spiro atoms. The lowest BCUT2D eigenvalue weighted by atomic mass is 9.67. The highest BCUT2D eigenvalue weighted by atomic mass is 16.4. The summed E-state index contributed by atoms with van der Waals surface area (Å²) < 4.78 is 0. The van der Waals surface area contributed by atoms with E-state index >= 15 is 0 Å². The number of carboxylic acid groups (broad SMARTS) is 1. The average Bonchev–Trinajstić information content (AvgIpc) is 3.15. The molecule has 3 heterocycles. The smallest absolute Gasteiger partial charge is 0.414 e. The summed E-state index contributed by atoms with van der Waals surface area (Å²) in [6, 6.07) is 29.0. The molecule has 4 fully saturated rings. The summed E-state index contributed by atoms with van der Waals surface area (Å²) in [7, 11) is 1.74. The number of nitrogens with one attached hydrogen (secondary N) is 2. The van der Waals surface area contributed by atoms with Gasteiger partial charge in [0.25, 0.3) is 0 Å². The highest BCUT2D eigenvalue weighted by molar-refractivity contribution is 5.90.